The van der Waals surface area contributed by atoms with Crippen LogP contribution in [0.5, 0.6) is 0 Å². The number of rotatable bonds is 1. The molecule has 3 aromatic heterocycles. The number of hydrogen-bond acceptors (Lipinski definition) is 4. The lowest BCUT2D eigenvalue weighted by atomic mass is 10.1. The Bertz CT molecular complexity index is 926. The van der Waals surface area contributed by atoms with Crippen LogP contribution in [0.25, 0.3) is 33.3 Å². The van der Waals surface area contributed by atoms with Crippen molar-refractivity contribution in [3.05, 3.63) is 48.8 Å². The van der Waals surface area contributed by atoms with Gasteiger partial charge in [-0.25, -0.2) is 15.0 Å². The zero-order valence-corrected chi connectivity index (χ0v) is 10.5. The number of aromatic amines is 1. The van der Waals surface area contributed by atoms with Gasteiger partial charge in [0.1, 0.15) is 11.5 Å². The average Bonchev–Trinajstić information content (AvgIpc) is 2.95. The van der Waals surface area contributed by atoms with E-state index in [-0.39, 0.29) is 0 Å². The van der Waals surface area contributed by atoms with Crippen molar-refractivity contribution in [2.24, 2.45) is 0 Å². The molecule has 0 atom stereocenters. The smallest absolute Gasteiger partial charge is 0.162 e. The van der Waals surface area contributed by atoms with Gasteiger partial charge in [-0.05, 0) is 24.3 Å². The Hall–Kier alpha value is -2.95. The molecule has 0 radical (unpaired) electrons. The van der Waals surface area contributed by atoms with Crippen molar-refractivity contribution < 1.29 is 0 Å². The Morgan fingerprint density at radius 1 is 0.950 bits per heavy atom. The highest BCUT2D eigenvalue weighted by Gasteiger charge is 2.10. The van der Waals surface area contributed by atoms with Gasteiger partial charge < -0.3 is 10.7 Å². The van der Waals surface area contributed by atoms with Crippen LogP contribution in [0.3, 0.4) is 0 Å². The van der Waals surface area contributed by atoms with E-state index in [0.717, 1.165) is 27.5 Å². The van der Waals surface area contributed by atoms with Crippen LogP contribution in [0, 0.1) is 0 Å². The fourth-order valence-electron chi connectivity index (χ4n) is 2.38. The molecule has 0 aliphatic carbocycles. The number of benzene rings is 1. The Morgan fingerprint density at radius 3 is 2.80 bits per heavy atom. The molecule has 0 bridgehead atoms. The number of nitrogen functional groups attached to an aromatic ring is 1. The maximum Gasteiger partial charge on any atom is 0.162 e. The monoisotopic (exact) mass is 261 g/mol. The summed E-state index contributed by atoms with van der Waals surface area (Å²) in [6, 6.07) is 11.6. The van der Waals surface area contributed by atoms with Crippen LogP contribution in [-0.4, -0.2) is 19.9 Å². The molecule has 0 unspecified atom stereocenters. The van der Waals surface area contributed by atoms with Gasteiger partial charge in [0.2, 0.25) is 0 Å². The summed E-state index contributed by atoms with van der Waals surface area (Å²) < 4.78 is 0. The summed E-state index contributed by atoms with van der Waals surface area (Å²) in [5, 5.41) is 1.86. The second kappa shape index (κ2) is 4.03. The summed E-state index contributed by atoms with van der Waals surface area (Å²) in [6.45, 7) is 0. The maximum atomic E-state index is 6.04. The van der Waals surface area contributed by atoms with Crippen LogP contribution in [-0.2, 0) is 0 Å². The van der Waals surface area contributed by atoms with Gasteiger partial charge in [0.25, 0.3) is 0 Å². The fourth-order valence-corrected chi connectivity index (χ4v) is 2.38. The minimum atomic E-state index is 0.492. The second-order valence-electron chi connectivity index (χ2n) is 4.55. The van der Waals surface area contributed by atoms with Crippen LogP contribution in [0.1, 0.15) is 0 Å². The summed E-state index contributed by atoms with van der Waals surface area (Å²) >= 11 is 0. The summed E-state index contributed by atoms with van der Waals surface area (Å²) in [5.74, 6) is 1.11. The number of H-pyrrole nitrogens is 1. The van der Waals surface area contributed by atoms with E-state index in [1.807, 2.05) is 42.6 Å². The van der Waals surface area contributed by atoms with Crippen molar-refractivity contribution >= 4 is 27.8 Å². The van der Waals surface area contributed by atoms with E-state index in [0.29, 0.717) is 11.6 Å². The van der Waals surface area contributed by atoms with Gasteiger partial charge in [0.15, 0.2) is 5.82 Å². The van der Waals surface area contributed by atoms with Crippen LogP contribution in [0.4, 0.5) is 5.82 Å². The molecule has 5 heteroatoms. The quantitative estimate of drug-likeness (QED) is 0.552. The standard InChI is InChI=1S/C15H11N5/c16-13-11-3-1-2-4-12(11)19-15(20-13)10-6-8-18-14-9(10)5-7-17-14/h1-8H,(H,17,18)(H2,16,19,20). The molecule has 4 rings (SSSR count). The molecule has 3 N–H and O–H groups in total. The van der Waals surface area contributed by atoms with E-state index in [1.54, 1.807) is 6.20 Å². The molecule has 3 heterocycles. The van der Waals surface area contributed by atoms with Gasteiger partial charge in [-0.2, -0.15) is 0 Å². The molecule has 4 aromatic rings. The van der Waals surface area contributed by atoms with Gasteiger partial charge in [0.05, 0.1) is 5.52 Å². The van der Waals surface area contributed by atoms with Gasteiger partial charge in [-0.15, -0.1) is 0 Å². The SMILES string of the molecule is Nc1nc(-c2ccnc3[nH]ccc23)nc2ccccc12. The Morgan fingerprint density at radius 2 is 1.85 bits per heavy atom. The van der Waals surface area contributed by atoms with Crippen LogP contribution in [0.15, 0.2) is 48.8 Å². The Balaban J connectivity index is 2.05. The molecule has 0 aliphatic rings. The molecule has 20 heavy (non-hydrogen) atoms. The molecule has 0 saturated heterocycles. The third-order valence-corrected chi connectivity index (χ3v) is 3.33. The predicted octanol–water partition coefficient (Wildman–Crippen LogP) is 2.76. The number of aromatic nitrogens is 4. The average molecular weight is 261 g/mol. The van der Waals surface area contributed by atoms with Gasteiger partial charge >= 0.3 is 0 Å². The molecule has 0 fully saturated rings. The molecule has 0 saturated carbocycles. The van der Waals surface area contributed by atoms with E-state index in [4.69, 9.17) is 5.73 Å². The summed E-state index contributed by atoms with van der Waals surface area (Å²) in [5.41, 5.74) is 8.62. The first-order valence-electron chi connectivity index (χ1n) is 6.27. The topological polar surface area (TPSA) is 80.5 Å². The van der Waals surface area contributed by atoms with Crippen molar-refractivity contribution in [2.75, 3.05) is 5.73 Å². The van der Waals surface area contributed by atoms with Crippen molar-refractivity contribution in [1.29, 1.82) is 0 Å². The number of nitrogens with zero attached hydrogens (tertiary/aromatic N) is 3. The number of para-hydroxylation sites is 1. The van der Waals surface area contributed by atoms with Crippen molar-refractivity contribution in [3.63, 3.8) is 0 Å². The molecular weight excluding hydrogens is 250 g/mol. The molecule has 0 amide bonds. The molecule has 0 spiro atoms. The summed E-state index contributed by atoms with van der Waals surface area (Å²) in [6.07, 6.45) is 3.59. The molecule has 5 nitrogen and oxygen atoms in total. The van der Waals surface area contributed by atoms with E-state index in [9.17, 15) is 0 Å². The Kier molecular flexibility index (Phi) is 2.20. The third kappa shape index (κ3) is 1.53. The molecule has 96 valence electrons. The molecule has 1 aromatic carbocycles. The number of hydrogen-bond donors (Lipinski definition) is 2. The maximum absolute atomic E-state index is 6.04. The van der Waals surface area contributed by atoms with E-state index in [1.165, 1.54) is 0 Å². The van der Waals surface area contributed by atoms with E-state index < -0.39 is 0 Å². The highest BCUT2D eigenvalue weighted by molar-refractivity contribution is 5.94. The number of pyridine rings is 1. The zero-order valence-electron chi connectivity index (χ0n) is 10.5. The highest BCUT2D eigenvalue weighted by atomic mass is 15.0. The van der Waals surface area contributed by atoms with Crippen LogP contribution < -0.4 is 5.73 Å². The second-order valence-corrected chi connectivity index (χ2v) is 4.55. The minimum Gasteiger partial charge on any atom is -0.383 e. The zero-order chi connectivity index (χ0) is 13.5. The van der Waals surface area contributed by atoms with Gasteiger partial charge in [-0.3, -0.25) is 0 Å². The Labute approximate surface area is 114 Å². The van der Waals surface area contributed by atoms with Crippen LogP contribution >= 0.6 is 0 Å². The lowest BCUT2D eigenvalue weighted by Crippen LogP contribution is -1.98. The number of fused-ring (bicyclic) bond motifs is 2. The highest BCUT2D eigenvalue weighted by Crippen LogP contribution is 2.27. The summed E-state index contributed by atoms with van der Waals surface area (Å²) in [4.78, 5) is 16.4. The van der Waals surface area contributed by atoms with Gasteiger partial charge in [0, 0.05) is 28.7 Å². The van der Waals surface area contributed by atoms with Crippen molar-refractivity contribution in [3.8, 4) is 11.4 Å². The minimum absolute atomic E-state index is 0.492. The third-order valence-electron chi connectivity index (χ3n) is 3.33. The largest absolute Gasteiger partial charge is 0.383 e. The van der Waals surface area contributed by atoms with Crippen LogP contribution in [0.2, 0.25) is 0 Å². The summed E-state index contributed by atoms with van der Waals surface area (Å²) in [7, 11) is 0. The predicted molar refractivity (Wildman–Crippen MR) is 79.0 cm³/mol. The lowest BCUT2D eigenvalue weighted by Gasteiger charge is -2.06. The first-order chi connectivity index (χ1) is 9.83. The van der Waals surface area contributed by atoms with E-state index in [2.05, 4.69) is 19.9 Å². The molecular formula is C15H11N5. The van der Waals surface area contributed by atoms with Gasteiger partial charge in [-0.1, -0.05) is 12.1 Å². The number of nitrogens with two attached hydrogens (primary N) is 1. The number of nitrogens with one attached hydrogen (secondary N) is 1. The number of anilines is 1. The first kappa shape index (κ1) is 10.9. The fraction of sp³-hybridized carbons (Fsp3) is 0. The first-order valence-corrected chi connectivity index (χ1v) is 6.27. The molecule has 0 aliphatic heterocycles. The van der Waals surface area contributed by atoms with Crippen molar-refractivity contribution in [1.82, 2.24) is 19.9 Å². The lowest BCUT2D eigenvalue weighted by molar-refractivity contribution is 1.23. The van der Waals surface area contributed by atoms with Crippen molar-refractivity contribution in [2.45, 2.75) is 0 Å². The normalized spacial score (nSPS) is 11.2. The van der Waals surface area contributed by atoms with E-state index >= 15 is 0 Å².